The number of benzene rings is 3. The molecule has 0 spiro atoms. The maximum atomic E-state index is 15.6. The van der Waals surface area contributed by atoms with Crippen molar-refractivity contribution in [3.63, 3.8) is 0 Å². The number of hydrogen-bond donors (Lipinski definition) is 0. The van der Waals surface area contributed by atoms with Crippen LogP contribution in [0.4, 0.5) is 8.78 Å². The normalized spacial score (nSPS) is 17.2. The van der Waals surface area contributed by atoms with Crippen LogP contribution in [0.3, 0.4) is 0 Å². The average molecular weight is 441 g/mol. The Balaban J connectivity index is 1.93. The highest BCUT2D eigenvalue weighted by Gasteiger charge is 2.40. The van der Waals surface area contributed by atoms with Gasteiger partial charge in [0, 0.05) is 29.2 Å². The van der Waals surface area contributed by atoms with Crippen LogP contribution in [0.5, 0.6) is 11.5 Å². The minimum atomic E-state index is -0.726. The molecule has 0 radical (unpaired) electrons. The van der Waals surface area contributed by atoms with E-state index < -0.39 is 17.2 Å². The predicted molar refractivity (Wildman–Crippen MR) is 121 cm³/mol. The van der Waals surface area contributed by atoms with Crippen LogP contribution < -0.4 is 9.47 Å². The second-order valence-corrected chi connectivity index (χ2v) is 8.17. The van der Waals surface area contributed by atoms with Crippen LogP contribution in [0.2, 0.25) is 5.02 Å². The van der Waals surface area contributed by atoms with Crippen molar-refractivity contribution < 1.29 is 18.3 Å². The van der Waals surface area contributed by atoms with E-state index in [0.717, 1.165) is 12.0 Å². The summed E-state index contributed by atoms with van der Waals surface area (Å²) in [6.45, 7) is 8.04. The molecule has 0 bridgehead atoms. The summed E-state index contributed by atoms with van der Waals surface area (Å²) in [7, 11) is 0. The van der Waals surface area contributed by atoms with Crippen molar-refractivity contribution in [2.24, 2.45) is 0 Å². The summed E-state index contributed by atoms with van der Waals surface area (Å²) >= 11 is 6.44. The maximum absolute atomic E-state index is 15.6. The molecular weight excluding hydrogens is 418 g/mol. The van der Waals surface area contributed by atoms with Crippen LogP contribution in [0.1, 0.15) is 37.0 Å². The second-order valence-electron chi connectivity index (χ2n) is 7.79. The molecule has 4 rings (SSSR count). The quantitative estimate of drug-likeness (QED) is 0.393. The number of hydrogen-bond acceptors (Lipinski definition) is 2. The molecule has 1 aliphatic rings. The van der Waals surface area contributed by atoms with Gasteiger partial charge in [0.25, 0.3) is 0 Å². The van der Waals surface area contributed by atoms with Gasteiger partial charge in [-0.25, -0.2) is 8.78 Å². The lowest BCUT2D eigenvalue weighted by Crippen LogP contribution is -2.26. The first-order chi connectivity index (χ1) is 14.9. The van der Waals surface area contributed by atoms with Gasteiger partial charge >= 0.3 is 0 Å². The van der Waals surface area contributed by atoms with E-state index in [2.05, 4.69) is 6.58 Å². The molecule has 3 aromatic carbocycles. The lowest BCUT2D eigenvalue weighted by atomic mass is 9.86. The largest absolute Gasteiger partial charge is 0.491 e. The number of ether oxygens (including phenoxy) is 2. The topological polar surface area (TPSA) is 18.5 Å². The van der Waals surface area contributed by atoms with Crippen LogP contribution in [-0.4, -0.2) is 6.61 Å². The van der Waals surface area contributed by atoms with Crippen molar-refractivity contribution in [1.29, 1.82) is 0 Å². The zero-order valence-electron chi connectivity index (χ0n) is 17.5. The highest BCUT2D eigenvalue weighted by molar-refractivity contribution is 6.34. The molecule has 2 nitrogen and oxygen atoms in total. The Hall–Kier alpha value is -2.85. The standard InChI is InChI=1S/C26H23ClF2O2/c1-4-13-30-20-12-11-16(5-2)22(25(20)29)23-18-15-26(3,17-9-7-6-8-10-17)31-21(18)14-19(28)24(23)27/h5-12,14H,2,4,13,15H2,1,3H3/t26-/m0/s1. The minimum absolute atomic E-state index is 0.0984. The smallest absolute Gasteiger partial charge is 0.173 e. The molecule has 0 saturated heterocycles. The third kappa shape index (κ3) is 3.70. The summed E-state index contributed by atoms with van der Waals surface area (Å²) in [6.07, 6.45) is 2.68. The lowest BCUT2D eigenvalue weighted by Gasteiger charge is -2.24. The Morgan fingerprint density at radius 3 is 2.58 bits per heavy atom. The van der Waals surface area contributed by atoms with Gasteiger partial charge in [-0.15, -0.1) is 0 Å². The van der Waals surface area contributed by atoms with Crippen molar-refractivity contribution in [3.05, 3.63) is 88.5 Å². The van der Waals surface area contributed by atoms with Gasteiger partial charge in [0.15, 0.2) is 11.6 Å². The average Bonchev–Trinajstić information content (AvgIpc) is 3.11. The summed E-state index contributed by atoms with van der Waals surface area (Å²) in [4.78, 5) is 0. The number of rotatable bonds is 6. The first kappa shape index (κ1) is 21.4. The molecular formula is C26H23ClF2O2. The van der Waals surface area contributed by atoms with Crippen LogP contribution in [0, 0.1) is 11.6 Å². The monoisotopic (exact) mass is 440 g/mol. The molecule has 0 fully saturated rings. The van der Waals surface area contributed by atoms with E-state index in [9.17, 15) is 4.39 Å². The fraction of sp³-hybridized carbons (Fsp3) is 0.231. The van der Waals surface area contributed by atoms with E-state index in [-0.39, 0.29) is 21.9 Å². The molecule has 0 aromatic heterocycles. The summed E-state index contributed by atoms with van der Waals surface area (Å²) in [5.41, 5.74) is 1.84. The Kier molecular flexibility index (Phi) is 5.76. The SMILES string of the molecule is C=Cc1ccc(OCCC)c(F)c1-c1c(Cl)c(F)cc2c1C[C@@](C)(c1ccccc1)O2. The minimum Gasteiger partial charge on any atom is -0.491 e. The Morgan fingerprint density at radius 2 is 1.90 bits per heavy atom. The molecule has 3 aromatic rings. The zero-order valence-corrected chi connectivity index (χ0v) is 18.2. The molecule has 0 unspecified atom stereocenters. The van der Waals surface area contributed by atoms with E-state index >= 15 is 4.39 Å². The molecule has 31 heavy (non-hydrogen) atoms. The Labute approximate surface area is 186 Å². The fourth-order valence-corrected chi connectivity index (χ4v) is 4.32. The van der Waals surface area contributed by atoms with Gasteiger partial charge in [0.1, 0.15) is 17.2 Å². The van der Waals surface area contributed by atoms with Gasteiger partial charge in [-0.1, -0.05) is 67.6 Å². The van der Waals surface area contributed by atoms with E-state index in [4.69, 9.17) is 21.1 Å². The van der Waals surface area contributed by atoms with Gasteiger partial charge in [0.2, 0.25) is 0 Å². The summed E-state index contributed by atoms with van der Waals surface area (Å²) < 4.78 is 42.3. The molecule has 5 heteroatoms. The van der Waals surface area contributed by atoms with E-state index in [1.807, 2.05) is 44.2 Å². The first-order valence-corrected chi connectivity index (χ1v) is 10.6. The van der Waals surface area contributed by atoms with Gasteiger partial charge in [-0.05, 0) is 30.5 Å². The molecule has 1 aliphatic heterocycles. The first-order valence-electron chi connectivity index (χ1n) is 10.2. The highest BCUT2D eigenvalue weighted by atomic mass is 35.5. The predicted octanol–water partition coefficient (Wildman–Crippen LogP) is 7.57. The molecule has 0 aliphatic carbocycles. The van der Waals surface area contributed by atoms with Gasteiger partial charge in [0.05, 0.1) is 11.6 Å². The maximum Gasteiger partial charge on any atom is 0.173 e. The molecule has 160 valence electrons. The van der Waals surface area contributed by atoms with Crippen LogP contribution in [0.15, 0.2) is 55.1 Å². The van der Waals surface area contributed by atoms with E-state index in [1.54, 1.807) is 12.1 Å². The van der Waals surface area contributed by atoms with Crippen LogP contribution in [-0.2, 0) is 12.0 Å². The summed E-state index contributed by atoms with van der Waals surface area (Å²) in [5, 5.41) is -0.144. The van der Waals surface area contributed by atoms with Crippen molar-refractivity contribution in [1.82, 2.24) is 0 Å². The van der Waals surface area contributed by atoms with Crippen molar-refractivity contribution in [2.75, 3.05) is 6.61 Å². The van der Waals surface area contributed by atoms with Gasteiger partial charge in [-0.2, -0.15) is 0 Å². The number of halogens is 3. The third-order valence-corrected chi connectivity index (χ3v) is 5.96. The third-order valence-electron chi connectivity index (χ3n) is 5.59. The zero-order chi connectivity index (χ0) is 22.2. The number of fused-ring (bicyclic) bond motifs is 1. The molecule has 0 saturated carbocycles. The van der Waals surface area contributed by atoms with Crippen molar-refractivity contribution in [3.8, 4) is 22.6 Å². The van der Waals surface area contributed by atoms with E-state index in [0.29, 0.717) is 29.9 Å². The van der Waals surface area contributed by atoms with Gasteiger partial charge < -0.3 is 9.47 Å². The van der Waals surface area contributed by atoms with Gasteiger partial charge in [-0.3, -0.25) is 0 Å². The molecule has 0 amide bonds. The van der Waals surface area contributed by atoms with Crippen molar-refractivity contribution in [2.45, 2.75) is 32.3 Å². The lowest BCUT2D eigenvalue weighted by molar-refractivity contribution is 0.115. The van der Waals surface area contributed by atoms with Crippen LogP contribution >= 0.6 is 11.6 Å². The fourth-order valence-electron chi connectivity index (χ4n) is 4.06. The summed E-state index contributed by atoms with van der Waals surface area (Å²) in [6, 6.07) is 14.2. The Bertz CT molecular complexity index is 1140. The van der Waals surface area contributed by atoms with E-state index in [1.165, 1.54) is 12.1 Å². The molecule has 0 N–H and O–H groups in total. The molecule has 1 heterocycles. The van der Waals surface area contributed by atoms with Crippen molar-refractivity contribution >= 4 is 17.7 Å². The molecule has 1 atom stereocenters. The Morgan fingerprint density at radius 1 is 1.16 bits per heavy atom. The highest BCUT2D eigenvalue weighted by Crippen LogP contribution is 2.50. The second kappa shape index (κ2) is 8.35. The van der Waals surface area contributed by atoms with Crippen LogP contribution in [0.25, 0.3) is 17.2 Å². The summed E-state index contributed by atoms with van der Waals surface area (Å²) in [5.74, 6) is -0.797.